The molecule has 2 amide bonds. The van der Waals surface area contributed by atoms with E-state index in [9.17, 15) is 14.0 Å². The van der Waals surface area contributed by atoms with Crippen molar-refractivity contribution in [2.45, 2.75) is 64.0 Å². The molecule has 224 valence electrons. The van der Waals surface area contributed by atoms with Crippen LogP contribution in [0, 0.1) is 11.7 Å². The molecule has 1 aliphatic heterocycles. The molecule has 11 nitrogen and oxygen atoms in total. The van der Waals surface area contributed by atoms with Crippen LogP contribution in [0.2, 0.25) is 0 Å². The minimum absolute atomic E-state index is 0.0336. The van der Waals surface area contributed by atoms with Crippen molar-refractivity contribution in [3.05, 3.63) is 58.9 Å². The van der Waals surface area contributed by atoms with Crippen LogP contribution in [0.4, 0.5) is 4.39 Å². The summed E-state index contributed by atoms with van der Waals surface area (Å²) in [5.74, 6) is 0.148. The summed E-state index contributed by atoms with van der Waals surface area (Å²) in [5, 5.41) is 16.9. The molecule has 0 spiro atoms. The summed E-state index contributed by atoms with van der Waals surface area (Å²) in [6, 6.07) is 8.58. The van der Waals surface area contributed by atoms with Crippen molar-refractivity contribution in [3.8, 4) is 11.5 Å². The molecule has 12 heteroatoms. The van der Waals surface area contributed by atoms with Crippen LogP contribution in [-0.4, -0.2) is 50.3 Å². The van der Waals surface area contributed by atoms with Gasteiger partial charge in [-0.3, -0.25) is 14.9 Å². The molecule has 0 unspecified atom stereocenters. The zero-order chi connectivity index (χ0) is 30.1. The number of halogens is 1. The lowest BCUT2D eigenvalue weighted by Gasteiger charge is -2.25. The Bertz CT molecular complexity index is 1370. The lowest BCUT2D eigenvalue weighted by molar-refractivity contribution is -0.123. The van der Waals surface area contributed by atoms with Crippen molar-refractivity contribution < 1.29 is 23.5 Å². The number of benzene rings is 2. The molecule has 42 heavy (non-hydrogen) atoms. The van der Waals surface area contributed by atoms with Gasteiger partial charge < -0.3 is 20.5 Å². The summed E-state index contributed by atoms with van der Waals surface area (Å²) in [6.07, 6.45) is 5.97. The van der Waals surface area contributed by atoms with E-state index >= 15 is 0 Å². The average molecular weight is 580 g/mol. The molecule has 0 radical (unpaired) electrons. The lowest BCUT2D eigenvalue weighted by atomic mass is 9.84. The molecular weight excluding hydrogens is 541 g/mol. The number of nitrogens with two attached hydrogens (primary N) is 1. The SMILES string of the molecule is COc1ccc(CC(=O)NC(N)=N[C@H](CC2CCCCC2)C(=O)N[C@@H](C)c2ccc(F)c(C3=NN=NC3)c2)cc1OC. The molecule has 4 rings (SSSR count). The van der Waals surface area contributed by atoms with Crippen molar-refractivity contribution in [1.82, 2.24) is 10.6 Å². The Morgan fingerprint density at radius 3 is 2.55 bits per heavy atom. The third-order valence-corrected chi connectivity index (χ3v) is 7.57. The Labute approximate surface area is 244 Å². The van der Waals surface area contributed by atoms with Crippen LogP contribution >= 0.6 is 0 Å². The van der Waals surface area contributed by atoms with E-state index in [1.165, 1.54) is 26.7 Å². The lowest BCUT2D eigenvalue weighted by Crippen LogP contribution is -2.42. The second kappa shape index (κ2) is 14.5. The second-order valence-electron chi connectivity index (χ2n) is 10.6. The number of hydrogen-bond donors (Lipinski definition) is 3. The number of amides is 2. The standard InChI is InChI=1S/C30H38FN7O4/c1-18(21-10-11-23(31)22(16-21)25-17-33-38-37-25)34-29(40)24(13-19-7-5-4-6-8-19)35-30(32)36-28(39)15-20-9-12-26(41-2)27(14-20)42-3/h9-12,14,16,18-19,24H,4-8,13,15,17H2,1-3H3,(H,34,40)(H3,32,35,36,39)/t18-,24+/m0/s1. The van der Waals surface area contributed by atoms with Gasteiger partial charge in [-0.2, -0.15) is 5.11 Å². The predicted molar refractivity (Wildman–Crippen MR) is 157 cm³/mol. The van der Waals surface area contributed by atoms with Gasteiger partial charge in [0.1, 0.15) is 18.4 Å². The molecule has 2 atom stereocenters. The third-order valence-electron chi connectivity index (χ3n) is 7.57. The minimum atomic E-state index is -0.798. The molecule has 2 aromatic rings. The summed E-state index contributed by atoms with van der Waals surface area (Å²) < 4.78 is 25.0. The van der Waals surface area contributed by atoms with E-state index in [1.54, 1.807) is 30.3 Å². The molecular formula is C30H38FN7O4. The number of guanidine groups is 1. The summed E-state index contributed by atoms with van der Waals surface area (Å²) in [5.41, 5.74) is 8.28. The first kappa shape index (κ1) is 30.6. The number of rotatable bonds is 11. The Hall–Kier alpha value is -4.35. The zero-order valence-corrected chi connectivity index (χ0v) is 24.2. The van der Waals surface area contributed by atoms with E-state index in [0.29, 0.717) is 46.2 Å². The predicted octanol–water partition coefficient (Wildman–Crippen LogP) is 4.20. The average Bonchev–Trinajstić information content (AvgIpc) is 3.52. The molecule has 1 saturated carbocycles. The topological polar surface area (TPSA) is 152 Å². The van der Waals surface area contributed by atoms with Gasteiger partial charge in [0.2, 0.25) is 11.8 Å². The summed E-state index contributed by atoms with van der Waals surface area (Å²) in [4.78, 5) is 30.7. The van der Waals surface area contributed by atoms with Gasteiger partial charge in [-0.25, -0.2) is 9.38 Å². The maximum atomic E-state index is 14.5. The van der Waals surface area contributed by atoms with Crippen molar-refractivity contribution >= 4 is 23.5 Å². The van der Waals surface area contributed by atoms with Crippen LogP contribution in [0.25, 0.3) is 0 Å². The first-order chi connectivity index (χ1) is 20.3. The van der Waals surface area contributed by atoms with Crippen molar-refractivity contribution in [2.75, 3.05) is 20.8 Å². The highest BCUT2D eigenvalue weighted by molar-refractivity contribution is 6.03. The molecule has 1 heterocycles. The molecule has 2 aliphatic rings. The Balaban J connectivity index is 1.45. The molecule has 0 saturated heterocycles. The Morgan fingerprint density at radius 1 is 1.10 bits per heavy atom. The van der Waals surface area contributed by atoms with Gasteiger partial charge in [0.05, 0.1) is 32.4 Å². The van der Waals surface area contributed by atoms with E-state index in [1.807, 2.05) is 6.92 Å². The second-order valence-corrected chi connectivity index (χ2v) is 10.6. The van der Waals surface area contributed by atoms with Gasteiger partial charge in [-0.15, -0.1) is 5.10 Å². The summed E-state index contributed by atoms with van der Waals surface area (Å²) in [6.45, 7) is 2.02. The molecule has 1 aliphatic carbocycles. The van der Waals surface area contributed by atoms with Gasteiger partial charge in [-0.05, 0) is 59.9 Å². The summed E-state index contributed by atoms with van der Waals surface area (Å²) in [7, 11) is 3.06. The van der Waals surface area contributed by atoms with Gasteiger partial charge in [0.15, 0.2) is 17.5 Å². The first-order valence-electron chi connectivity index (χ1n) is 14.1. The molecule has 0 bridgehead atoms. The van der Waals surface area contributed by atoms with E-state index in [2.05, 4.69) is 31.1 Å². The molecule has 1 fully saturated rings. The number of nitrogens with one attached hydrogen (secondary N) is 2. The quantitative estimate of drug-likeness (QED) is 0.269. The number of hydrogen-bond acceptors (Lipinski definition) is 8. The Morgan fingerprint density at radius 2 is 1.86 bits per heavy atom. The van der Waals surface area contributed by atoms with Crippen LogP contribution in [-0.2, 0) is 16.0 Å². The molecule has 0 aromatic heterocycles. The number of ether oxygens (including phenoxy) is 2. The van der Waals surface area contributed by atoms with Crippen molar-refractivity contribution in [3.63, 3.8) is 0 Å². The van der Waals surface area contributed by atoms with E-state index < -0.39 is 17.9 Å². The van der Waals surface area contributed by atoms with Crippen LogP contribution in [0.3, 0.4) is 0 Å². The molecule has 2 aromatic carbocycles. The monoisotopic (exact) mass is 579 g/mol. The maximum Gasteiger partial charge on any atom is 0.245 e. The van der Waals surface area contributed by atoms with Crippen LogP contribution < -0.4 is 25.8 Å². The van der Waals surface area contributed by atoms with Gasteiger partial charge in [-0.1, -0.05) is 44.2 Å². The number of methoxy groups -OCH3 is 2. The van der Waals surface area contributed by atoms with Gasteiger partial charge >= 0.3 is 0 Å². The Kier molecular flexibility index (Phi) is 10.6. The third kappa shape index (κ3) is 8.11. The largest absolute Gasteiger partial charge is 0.493 e. The fourth-order valence-electron chi connectivity index (χ4n) is 5.30. The summed E-state index contributed by atoms with van der Waals surface area (Å²) >= 11 is 0. The van der Waals surface area contributed by atoms with Crippen molar-refractivity contribution in [1.29, 1.82) is 0 Å². The minimum Gasteiger partial charge on any atom is -0.493 e. The van der Waals surface area contributed by atoms with Gasteiger partial charge in [0.25, 0.3) is 0 Å². The van der Waals surface area contributed by atoms with E-state index in [0.717, 1.165) is 25.7 Å². The highest BCUT2D eigenvalue weighted by Gasteiger charge is 2.26. The fourth-order valence-corrected chi connectivity index (χ4v) is 5.30. The number of carbonyl (C=O) groups is 2. The van der Waals surface area contributed by atoms with E-state index in [4.69, 9.17) is 15.2 Å². The highest BCUT2D eigenvalue weighted by atomic mass is 19.1. The number of nitrogens with zero attached hydrogens (tertiary/aromatic N) is 4. The van der Waals surface area contributed by atoms with Crippen LogP contribution in [0.5, 0.6) is 11.5 Å². The van der Waals surface area contributed by atoms with E-state index in [-0.39, 0.29) is 30.7 Å². The highest BCUT2D eigenvalue weighted by Crippen LogP contribution is 2.29. The normalized spacial score (nSPS) is 16.9. The maximum absolute atomic E-state index is 14.5. The number of carbonyl (C=O) groups excluding carboxylic acids is 2. The fraction of sp³-hybridized carbons (Fsp3) is 0.467. The van der Waals surface area contributed by atoms with Crippen molar-refractivity contribution in [2.24, 2.45) is 32.1 Å². The smallest absolute Gasteiger partial charge is 0.245 e. The van der Waals surface area contributed by atoms with Crippen LogP contribution in [0.15, 0.2) is 56.8 Å². The van der Waals surface area contributed by atoms with Crippen LogP contribution in [0.1, 0.15) is 68.2 Å². The zero-order valence-electron chi connectivity index (χ0n) is 24.2. The molecule has 4 N–H and O–H groups in total. The first-order valence-corrected chi connectivity index (χ1v) is 14.1. The number of aliphatic imine (C=N–C) groups is 1. The van der Waals surface area contributed by atoms with Gasteiger partial charge in [0, 0.05) is 5.56 Å².